The number of unbranched alkanes of at least 4 members (excludes halogenated alkanes) is 1. The minimum Gasteiger partial charge on any atom is -0.360 e. The number of thioether (sulfide) groups is 1. The average Bonchev–Trinajstić information content (AvgIpc) is 3.60. The molecule has 3 atom stereocenters. The van der Waals surface area contributed by atoms with Gasteiger partial charge in [0.2, 0.25) is 0 Å². The standard InChI is InChI=1S/C24H32N6O2S.H2/c1-4-5-11-19(31)15-8-6-9-16-20(29-32-21(15)16)22-27-23-17(24(28-22)33-3)13-26-30(23)14(2)18-10-7-12-25-18;/h13-15,18,25H,4-12H2,1-3H3;1H/t14-,15+,18-;/m0./s1. The number of Topliss-reactive ketones (excluding diaryl/α,β-unsaturated/α-hetero) is 1. The molecular formula is C24H34N6O2S. The third-order valence-electron chi connectivity index (χ3n) is 7.11. The zero-order valence-electron chi connectivity index (χ0n) is 19.6. The third kappa shape index (κ3) is 4.10. The van der Waals surface area contributed by atoms with E-state index in [-0.39, 0.29) is 19.2 Å². The molecule has 1 aliphatic carbocycles. The van der Waals surface area contributed by atoms with Crippen LogP contribution in [0.1, 0.15) is 83.5 Å². The van der Waals surface area contributed by atoms with Gasteiger partial charge in [-0.1, -0.05) is 18.5 Å². The quantitative estimate of drug-likeness (QED) is 0.365. The molecule has 0 saturated carbocycles. The van der Waals surface area contributed by atoms with Gasteiger partial charge >= 0.3 is 0 Å². The van der Waals surface area contributed by atoms with Crippen LogP contribution in [-0.2, 0) is 11.2 Å². The van der Waals surface area contributed by atoms with Crippen molar-refractivity contribution in [3.8, 4) is 11.5 Å². The second-order valence-corrected chi connectivity index (χ2v) is 10.0. The van der Waals surface area contributed by atoms with Gasteiger partial charge in [-0.25, -0.2) is 14.6 Å². The van der Waals surface area contributed by atoms with Gasteiger partial charge < -0.3 is 9.84 Å². The van der Waals surface area contributed by atoms with Crippen LogP contribution in [0.5, 0.6) is 0 Å². The number of rotatable bonds is 8. The highest BCUT2D eigenvalue weighted by atomic mass is 32.2. The van der Waals surface area contributed by atoms with E-state index in [1.807, 2.05) is 17.1 Å². The van der Waals surface area contributed by atoms with Gasteiger partial charge in [0.25, 0.3) is 0 Å². The van der Waals surface area contributed by atoms with Gasteiger partial charge in [-0.2, -0.15) is 5.10 Å². The Balaban J connectivity index is 0.00000274. The van der Waals surface area contributed by atoms with Crippen LogP contribution in [-0.4, -0.2) is 49.5 Å². The molecule has 3 aromatic heterocycles. The maximum atomic E-state index is 12.8. The lowest BCUT2D eigenvalue weighted by Crippen LogP contribution is -2.31. The highest BCUT2D eigenvalue weighted by Gasteiger charge is 2.34. The molecule has 33 heavy (non-hydrogen) atoms. The first kappa shape index (κ1) is 22.5. The summed E-state index contributed by atoms with van der Waals surface area (Å²) in [7, 11) is 0. The Morgan fingerprint density at radius 3 is 3.00 bits per heavy atom. The Labute approximate surface area is 199 Å². The molecule has 3 aromatic rings. The Hall–Kier alpha value is -2.26. The van der Waals surface area contributed by atoms with Crippen molar-refractivity contribution in [2.24, 2.45) is 0 Å². The summed E-state index contributed by atoms with van der Waals surface area (Å²) in [5.74, 6) is 1.36. The third-order valence-corrected chi connectivity index (χ3v) is 7.81. The Morgan fingerprint density at radius 1 is 1.36 bits per heavy atom. The number of aromatic nitrogens is 5. The van der Waals surface area contributed by atoms with Gasteiger partial charge in [-0.3, -0.25) is 4.79 Å². The molecule has 1 fully saturated rings. The monoisotopic (exact) mass is 470 g/mol. The fourth-order valence-electron chi connectivity index (χ4n) is 5.21. The number of hydrogen-bond acceptors (Lipinski definition) is 8. The van der Waals surface area contributed by atoms with E-state index in [0.29, 0.717) is 24.0 Å². The van der Waals surface area contributed by atoms with Crippen LogP contribution in [0.3, 0.4) is 0 Å². The summed E-state index contributed by atoms with van der Waals surface area (Å²) < 4.78 is 7.81. The number of nitrogens with zero attached hydrogens (tertiary/aromatic N) is 5. The lowest BCUT2D eigenvalue weighted by atomic mass is 9.83. The Bertz CT molecular complexity index is 1160. The summed E-state index contributed by atoms with van der Waals surface area (Å²) in [6, 6.07) is 0.577. The van der Waals surface area contributed by atoms with Crippen molar-refractivity contribution >= 4 is 28.6 Å². The van der Waals surface area contributed by atoms with Crippen LogP contribution in [0, 0.1) is 0 Å². The topological polar surface area (TPSA) is 98.7 Å². The minimum atomic E-state index is -0.190. The van der Waals surface area contributed by atoms with Crippen molar-refractivity contribution in [1.29, 1.82) is 0 Å². The predicted octanol–water partition coefficient (Wildman–Crippen LogP) is 4.94. The highest BCUT2D eigenvalue weighted by Crippen LogP contribution is 2.39. The SMILES string of the molecule is CCCCC(=O)[C@H]1CCCc2c(-c3nc(SC)c4cnn([C@@H](C)[C@@H]5CCCN5)c4n3)noc21.[HH]. The van der Waals surface area contributed by atoms with Crippen molar-refractivity contribution < 1.29 is 10.7 Å². The van der Waals surface area contributed by atoms with Crippen molar-refractivity contribution in [2.45, 2.75) is 88.2 Å². The van der Waals surface area contributed by atoms with E-state index < -0.39 is 0 Å². The fraction of sp³-hybridized carbons (Fsp3) is 0.625. The van der Waals surface area contributed by atoms with Gasteiger partial charge in [0.05, 0.1) is 23.5 Å². The van der Waals surface area contributed by atoms with E-state index in [2.05, 4.69) is 24.3 Å². The average molecular weight is 471 g/mol. The number of carbonyl (C=O) groups excluding carboxylic acids is 1. The smallest absolute Gasteiger partial charge is 0.185 e. The first-order valence-electron chi connectivity index (χ1n) is 12.2. The van der Waals surface area contributed by atoms with Gasteiger partial charge in [-0.15, -0.1) is 11.8 Å². The summed E-state index contributed by atoms with van der Waals surface area (Å²) in [6.45, 7) is 5.35. The Kier molecular flexibility index (Phi) is 6.51. The molecule has 1 saturated heterocycles. The summed E-state index contributed by atoms with van der Waals surface area (Å²) in [4.78, 5) is 22.6. The second-order valence-electron chi connectivity index (χ2n) is 9.22. The number of ketones is 1. The number of carbonyl (C=O) groups is 1. The van der Waals surface area contributed by atoms with E-state index in [9.17, 15) is 4.79 Å². The maximum absolute atomic E-state index is 12.8. The molecule has 5 rings (SSSR count). The minimum absolute atomic E-state index is 0. The van der Waals surface area contributed by atoms with E-state index >= 15 is 0 Å². The number of fused-ring (bicyclic) bond motifs is 2. The largest absolute Gasteiger partial charge is 0.360 e. The molecule has 1 aliphatic heterocycles. The molecule has 0 bridgehead atoms. The van der Waals surface area contributed by atoms with E-state index in [1.54, 1.807) is 11.8 Å². The highest BCUT2D eigenvalue weighted by molar-refractivity contribution is 7.98. The van der Waals surface area contributed by atoms with E-state index in [4.69, 9.17) is 19.6 Å². The normalized spacial score (nSPS) is 21.4. The molecule has 8 nitrogen and oxygen atoms in total. The number of hydrogen-bond donors (Lipinski definition) is 1. The van der Waals surface area contributed by atoms with Crippen molar-refractivity contribution in [1.82, 2.24) is 30.2 Å². The van der Waals surface area contributed by atoms with Crippen LogP contribution in [0.4, 0.5) is 0 Å². The molecule has 1 N–H and O–H groups in total. The van der Waals surface area contributed by atoms with Crippen LogP contribution < -0.4 is 5.32 Å². The van der Waals surface area contributed by atoms with Gasteiger partial charge in [0.1, 0.15) is 10.8 Å². The first-order chi connectivity index (χ1) is 16.1. The molecule has 178 valence electrons. The zero-order chi connectivity index (χ0) is 22.9. The molecule has 0 spiro atoms. The second kappa shape index (κ2) is 9.54. The predicted molar refractivity (Wildman–Crippen MR) is 131 cm³/mol. The van der Waals surface area contributed by atoms with Gasteiger partial charge in [0, 0.05) is 19.5 Å². The summed E-state index contributed by atoms with van der Waals surface area (Å²) >= 11 is 1.59. The first-order valence-corrected chi connectivity index (χ1v) is 13.4. The summed E-state index contributed by atoms with van der Waals surface area (Å²) in [5.41, 5.74) is 2.50. The molecule has 2 aliphatic rings. The molecule has 0 unspecified atom stereocenters. The van der Waals surface area contributed by atoms with Crippen molar-refractivity contribution in [2.75, 3.05) is 12.8 Å². The lowest BCUT2D eigenvalue weighted by molar-refractivity contribution is -0.121. The maximum Gasteiger partial charge on any atom is 0.185 e. The van der Waals surface area contributed by atoms with Gasteiger partial charge in [-0.05, 0) is 58.2 Å². The van der Waals surface area contributed by atoms with E-state index in [0.717, 1.165) is 72.5 Å². The van der Waals surface area contributed by atoms with Gasteiger partial charge in [0.15, 0.2) is 22.9 Å². The van der Waals surface area contributed by atoms with Crippen molar-refractivity contribution in [3.63, 3.8) is 0 Å². The van der Waals surface area contributed by atoms with Crippen molar-refractivity contribution in [3.05, 3.63) is 17.5 Å². The molecule has 0 amide bonds. The van der Waals surface area contributed by atoms with Crippen LogP contribution in [0.2, 0.25) is 0 Å². The fourth-order valence-corrected chi connectivity index (χ4v) is 5.75. The lowest BCUT2D eigenvalue weighted by Gasteiger charge is -2.20. The molecule has 0 radical (unpaired) electrons. The zero-order valence-corrected chi connectivity index (χ0v) is 20.5. The molecule has 9 heteroatoms. The van der Waals surface area contributed by atoms with Crippen LogP contribution in [0.15, 0.2) is 15.7 Å². The molecular weight excluding hydrogens is 436 g/mol. The van der Waals surface area contributed by atoms with Crippen LogP contribution >= 0.6 is 11.8 Å². The number of nitrogens with one attached hydrogen (secondary N) is 1. The molecule has 4 heterocycles. The molecule has 0 aromatic carbocycles. The summed E-state index contributed by atoms with van der Waals surface area (Å²) in [6.07, 6.45) is 11.4. The Morgan fingerprint density at radius 2 is 2.24 bits per heavy atom. The summed E-state index contributed by atoms with van der Waals surface area (Å²) in [5, 5.41) is 14.5. The van der Waals surface area contributed by atoms with Crippen LogP contribution in [0.25, 0.3) is 22.6 Å². The van der Waals surface area contributed by atoms with E-state index in [1.165, 1.54) is 6.42 Å².